The summed E-state index contributed by atoms with van der Waals surface area (Å²) < 4.78 is 18.4. The smallest absolute Gasteiger partial charge is 0.269 e. The van der Waals surface area contributed by atoms with Crippen molar-refractivity contribution in [3.8, 4) is 0 Å². The fourth-order valence-corrected chi connectivity index (χ4v) is 3.57. The van der Waals surface area contributed by atoms with Crippen LogP contribution in [0.2, 0.25) is 0 Å². The van der Waals surface area contributed by atoms with Crippen molar-refractivity contribution in [3.63, 3.8) is 0 Å². The lowest BCUT2D eigenvalue weighted by Gasteiger charge is -2.48. The van der Waals surface area contributed by atoms with Gasteiger partial charge in [-0.25, -0.2) is 9.37 Å². The van der Waals surface area contributed by atoms with Crippen LogP contribution in [-0.2, 0) is 4.74 Å². The largest absolute Gasteiger partial charge is 0.381 e. The molecule has 1 N–H and O–H groups in total. The van der Waals surface area contributed by atoms with Crippen LogP contribution in [-0.4, -0.2) is 54.2 Å². The highest BCUT2D eigenvalue weighted by Gasteiger charge is 2.39. The number of carbonyl (C=O) groups excluding carboxylic acids is 1. The van der Waals surface area contributed by atoms with E-state index in [-0.39, 0.29) is 17.1 Å². The van der Waals surface area contributed by atoms with Crippen molar-refractivity contribution in [2.24, 2.45) is 0 Å². The predicted octanol–water partition coefficient (Wildman–Crippen LogP) is 1.99. The number of likely N-dealkylation sites (tertiary alicyclic amines) is 1. The Morgan fingerprint density at radius 1 is 1.26 bits per heavy atom. The number of aromatic nitrogens is 1. The monoisotopic (exact) mass is 321 g/mol. The van der Waals surface area contributed by atoms with E-state index in [4.69, 9.17) is 4.74 Å². The van der Waals surface area contributed by atoms with E-state index in [1.54, 1.807) is 0 Å². The molecule has 0 aliphatic carbocycles. The van der Waals surface area contributed by atoms with Gasteiger partial charge in [0.15, 0.2) is 0 Å². The van der Waals surface area contributed by atoms with Gasteiger partial charge in [-0.1, -0.05) is 6.42 Å². The maximum Gasteiger partial charge on any atom is 0.269 e. The van der Waals surface area contributed by atoms with Gasteiger partial charge in [0.05, 0.1) is 6.20 Å². The minimum Gasteiger partial charge on any atom is -0.381 e. The number of nitrogens with zero attached hydrogens (tertiary/aromatic N) is 2. The Morgan fingerprint density at radius 2 is 2.00 bits per heavy atom. The average Bonchev–Trinajstić information content (AvgIpc) is 2.62. The van der Waals surface area contributed by atoms with E-state index < -0.39 is 5.82 Å². The second-order valence-corrected chi connectivity index (χ2v) is 6.43. The first kappa shape index (κ1) is 16.3. The van der Waals surface area contributed by atoms with Gasteiger partial charge < -0.3 is 10.1 Å². The van der Waals surface area contributed by atoms with Crippen molar-refractivity contribution in [2.75, 3.05) is 32.8 Å². The molecule has 2 saturated heterocycles. The lowest BCUT2D eigenvalue weighted by Crippen LogP contribution is -2.59. The Balaban J connectivity index is 1.66. The van der Waals surface area contributed by atoms with Crippen LogP contribution in [0.15, 0.2) is 18.3 Å². The van der Waals surface area contributed by atoms with Gasteiger partial charge in [-0.2, -0.15) is 0 Å². The molecule has 5 nitrogen and oxygen atoms in total. The Morgan fingerprint density at radius 3 is 2.65 bits per heavy atom. The molecule has 0 bridgehead atoms. The molecule has 0 unspecified atom stereocenters. The molecule has 1 aromatic rings. The minimum absolute atomic E-state index is 0.0195. The first-order chi connectivity index (χ1) is 11.2. The number of ether oxygens (including phenoxy) is 1. The van der Waals surface area contributed by atoms with Crippen LogP contribution >= 0.6 is 0 Å². The van der Waals surface area contributed by atoms with Gasteiger partial charge in [0.1, 0.15) is 11.5 Å². The Bertz CT molecular complexity index is 523. The van der Waals surface area contributed by atoms with Gasteiger partial charge in [0.25, 0.3) is 5.91 Å². The molecular weight excluding hydrogens is 297 g/mol. The number of carbonyl (C=O) groups is 1. The fourth-order valence-electron chi connectivity index (χ4n) is 3.57. The SMILES string of the molecule is O=C(NCC1(N2CCCCC2)CCOCC1)c1ccc(F)cn1. The van der Waals surface area contributed by atoms with Crippen molar-refractivity contribution >= 4 is 5.91 Å². The molecule has 3 rings (SSSR count). The van der Waals surface area contributed by atoms with E-state index in [2.05, 4.69) is 15.2 Å². The highest BCUT2D eigenvalue weighted by atomic mass is 19.1. The van der Waals surface area contributed by atoms with Crippen molar-refractivity contribution in [3.05, 3.63) is 29.8 Å². The van der Waals surface area contributed by atoms with E-state index in [0.29, 0.717) is 6.54 Å². The van der Waals surface area contributed by atoms with E-state index in [1.807, 2.05) is 0 Å². The van der Waals surface area contributed by atoms with Crippen LogP contribution in [0.4, 0.5) is 4.39 Å². The molecule has 126 valence electrons. The third-order valence-corrected chi connectivity index (χ3v) is 4.99. The number of hydrogen-bond acceptors (Lipinski definition) is 4. The number of rotatable bonds is 4. The van der Waals surface area contributed by atoms with Crippen LogP contribution in [0.25, 0.3) is 0 Å². The molecule has 0 radical (unpaired) electrons. The summed E-state index contributed by atoms with van der Waals surface area (Å²) in [6, 6.07) is 2.68. The summed E-state index contributed by atoms with van der Waals surface area (Å²) in [5, 5.41) is 3.01. The standard InChI is InChI=1S/C17H24FN3O2/c18-14-4-5-15(19-12-14)16(22)20-13-17(6-10-23-11-7-17)21-8-2-1-3-9-21/h4-5,12H,1-3,6-11,13H2,(H,20,22). The van der Waals surface area contributed by atoms with E-state index >= 15 is 0 Å². The van der Waals surface area contributed by atoms with E-state index in [9.17, 15) is 9.18 Å². The molecule has 0 spiro atoms. The molecule has 3 heterocycles. The zero-order valence-corrected chi connectivity index (χ0v) is 13.4. The summed E-state index contributed by atoms with van der Waals surface area (Å²) >= 11 is 0. The highest BCUT2D eigenvalue weighted by molar-refractivity contribution is 5.92. The number of halogens is 1. The molecule has 0 atom stereocenters. The maximum atomic E-state index is 12.9. The van der Waals surface area contributed by atoms with Gasteiger partial charge in [-0.3, -0.25) is 9.69 Å². The topological polar surface area (TPSA) is 54.5 Å². The van der Waals surface area contributed by atoms with Crippen molar-refractivity contribution in [2.45, 2.75) is 37.6 Å². The third-order valence-electron chi connectivity index (χ3n) is 4.99. The minimum atomic E-state index is -0.434. The van der Waals surface area contributed by atoms with Gasteiger partial charge in [-0.15, -0.1) is 0 Å². The fraction of sp³-hybridized carbons (Fsp3) is 0.647. The quantitative estimate of drug-likeness (QED) is 0.921. The Labute approximate surface area is 136 Å². The normalized spacial score (nSPS) is 21.8. The molecule has 0 aromatic carbocycles. The highest BCUT2D eigenvalue weighted by Crippen LogP contribution is 2.30. The lowest BCUT2D eigenvalue weighted by molar-refractivity contribution is -0.0349. The maximum absolute atomic E-state index is 12.9. The molecule has 2 aliphatic heterocycles. The number of nitrogens with one attached hydrogen (secondary N) is 1. The zero-order valence-electron chi connectivity index (χ0n) is 13.4. The molecule has 2 aliphatic rings. The number of piperidine rings is 1. The molecule has 6 heteroatoms. The van der Waals surface area contributed by atoms with Gasteiger partial charge in [0, 0.05) is 25.3 Å². The van der Waals surface area contributed by atoms with Crippen LogP contribution in [0.1, 0.15) is 42.6 Å². The van der Waals surface area contributed by atoms with Gasteiger partial charge >= 0.3 is 0 Å². The average molecular weight is 321 g/mol. The number of pyridine rings is 1. The van der Waals surface area contributed by atoms with Crippen molar-refractivity contribution < 1.29 is 13.9 Å². The van der Waals surface area contributed by atoms with Crippen LogP contribution in [0.5, 0.6) is 0 Å². The molecule has 0 saturated carbocycles. The number of hydrogen-bond donors (Lipinski definition) is 1. The Hall–Kier alpha value is -1.53. The first-order valence-corrected chi connectivity index (χ1v) is 8.42. The van der Waals surface area contributed by atoms with E-state index in [1.165, 1.54) is 31.4 Å². The summed E-state index contributed by atoms with van der Waals surface area (Å²) in [6.45, 7) is 4.24. The van der Waals surface area contributed by atoms with Gasteiger partial charge in [-0.05, 0) is 50.9 Å². The Kier molecular flexibility index (Phi) is 5.23. The first-order valence-electron chi connectivity index (χ1n) is 8.42. The summed E-state index contributed by atoms with van der Waals surface area (Å²) in [5.41, 5.74) is 0.237. The number of amides is 1. The lowest BCUT2D eigenvalue weighted by atomic mass is 9.86. The van der Waals surface area contributed by atoms with Crippen LogP contribution < -0.4 is 5.32 Å². The van der Waals surface area contributed by atoms with Crippen molar-refractivity contribution in [1.29, 1.82) is 0 Å². The molecule has 1 aromatic heterocycles. The second-order valence-electron chi connectivity index (χ2n) is 6.43. The zero-order chi connectivity index (χ0) is 16.1. The summed E-state index contributed by atoms with van der Waals surface area (Å²) in [6.07, 6.45) is 6.67. The summed E-state index contributed by atoms with van der Waals surface area (Å²) in [4.78, 5) is 18.7. The summed E-state index contributed by atoms with van der Waals surface area (Å²) in [5.74, 6) is -0.677. The van der Waals surface area contributed by atoms with Crippen LogP contribution in [0.3, 0.4) is 0 Å². The van der Waals surface area contributed by atoms with Crippen LogP contribution in [0, 0.1) is 5.82 Å². The molecular formula is C17H24FN3O2. The van der Waals surface area contributed by atoms with E-state index in [0.717, 1.165) is 45.3 Å². The molecule has 2 fully saturated rings. The van der Waals surface area contributed by atoms with Gasteiger partial charge in [0.2, 0.25) is 0 Å². The molecule has 1 amide bonds. The van der Waals surface area contributed by atoms with Crippen molar-refractivity contribution in [1.82, 2.24) is 15.2 Å². The third kappa shape index (κ3) is 3.87. The predicted molar refractivity (Wildman–Crippen MR) is 84.7 cm³/mol. The second kappa shape index (κ2) is 7.36. The molecule has 23 heavy (non-hydrogen) atoms. The summed E-state index contributed by atoms with van der Waals surface area (Å²) in [7, 11) is 0.